The monoisotopic (exact) mass is 282 g/mol. The summed E-state index contributed by atoms with van der Waals surface area (Å²) in [6.07, 6.45) is 0.871. The van der Waals surface area contributed by atoms with Crippen molar-refractivity contribution in [3.05, 3.63) is 38.8 Å². The molecule has 0 aromatic carbocycles. The number of carbonyl (C=O) groups is 2. The van der Waals surface area contributed by atoms with Gasteiger partial charge in [0.05, 0.1) is 17.6 Å². The van der Waals surface area contributed by atoms with Crippen LogP contribution in [0.2, 0.25) is 0 Å². The highest BCUT2D eigenvalue weighted by Gasteiger charge is 2.36. The number of hydrogen-bond acceptors (Lipinski definition) is 6. The molecule has 1 aromatic rings. The third kappa shape index (κ3) is 3.08. The molecule has 0 saturated carbocycles. The molecule has 8 nitrogen and oxygen atoms in total. The van der Waals surface area contributed by atoms with Crippen LogP contribution in [-0.4, -0.2) is 23.3 Å². The van der Waals surface area contributed by atoms with Crippen LogP contribution >= 0.6 is 0 Å². The lowest BCUT2D eigenvalue weighted by molar-refractivity contribution is -0.613. The van der Waals surface area contributed by atoms with E-state index in [0.717, 1.165) is 19.2 Å². The summed E-state index contributed by atoms with van der Waals surface area (Å²) < 4.78 is 5.10. The summed E-state index contributed by atoms with van der Waals surface area (Å²) in [5.41, 5.74) is -0.629. The van der Waals surface area contributed by atoms with Crippen molar-refractivity contribution in [1.82, 2.24) is 0 Å². The van der Waals surface area contributed by atoms with Crippen LogP contribution in [0.3, 0.4) is 0 Å². The molecule has 20 heavy (non-hydrogen) atoms. The minimum atomic E-state index is -1.48. The van der Waals surface area contributed by atoms with Gasteiger partial charge in [0.1, 0.15) is 11.3 Å². The van der Waals surface area contributed by atoms with Gasteiger partial charge in [-0.1, -0.05) is 0 Å². The van der Waals surface area contributed by atoms with Gasteiger partial charge < -0.3 is 9.94 Å². The predicted octanol–water partition coefficient (Wildman–Crippen LogP) is 0.772. The van der Waals surface area contributed by atoms with Gasteiger partial charge in [0.15, 0.2) is 17.8 Å². The summed E-state index contributed by atoms with van der Waals surface area (Å²) in [6.45, 7) is 4.07. The zero-order valence-corrected chi connectivity index (χ0v) is 11.3. The fourth-order valence-corrected chi connectivity index (χ4v) is 1.76. The molecule has 1 heterocycles. The molecule has 0 radical (unpaired) electrons. The van der Waals surface area contributed by atoms with E-state index in [9.17, 15) is 24.9 Å². The number of ketones is 1. The number of hydrogen-bond donors (Lipinski definition) is 0. The van der Waals surface area contributed by atoms with E-state index in [-0.39, 0.29) is 17.9 Å². The van der Waals surface area contributed by atoms with Crippen molar-refractivity contribution in [3.63, 3.8) is 0 Å². The molecule has 0 spiro atoms. The van der Waals surface area contributed by atoms with Gasteiger partial charge in [-0.2, -0.15) is 4.73 Å². The quantitative estimate of drug-likeness (QED) is 0.197. The summed E-state index contributed by atoms with van der Waals surface area (Å²) in [5.74, 6) is -3.02. The van der Waals surface area contributed by atoms with Gasteiger partial charge >= 0.3 is 5.97 Å². The lowest BCUT2D eigenvalue weighted by atomic mass is 9.95. The molecule has 0 aliphatic carbocycles. The van der Waals surface area contributed by atoms with E-state index < -0.39 is 28.3 Å². The normalized spacial score (nSPS) is 11.8. The summed E-state index contributed by atoms with van der Waals surface area (Å²) in [6, 6.07) is 1.03. The van der Waals surface area contributed by atoms with Crippen LogP contribution in [0.1, 0.15) is 31.0 Å². The van der Waals surface area contributed by atoms with Crippen molar-refractivity contribution in [2.24, 2.45) is 0 Å². The Morgan fingerprint density at radius 1 is 1.50 bits per heavy atom. The van der Waals surface area contributed by atoms with Crippen molar-refractivity contribution < 1.29 is 24.0 Å². The molecule has 108 valence electrons. The van der Waals surface area contributed by atoms with Gasteiger partial charge in [0.2, 0.25) is 0 Å². The molecular formula is C12H14N2O6. The highest BCUT2D eigenvalue weighted by atomic mass is 16.6. The zero-order chi connectivity index (χ0) is 15.4. The van der Waals surface area contributed by atoms with Crippen molar-refractivity contribution in [2.75, 3.05) is 6.61 Å². The number of ether oxygens (including phenoxy) is 1. The first-order valence-electron chi connectivity index (χ1n) is 5.84. The SMILES string of the molecule is CCOC(=O)C(C(C)=O)c1c[n+]([O-])c(C)cc1[N+](=O)[O-]. The maximum absolute atomic E-state index is 11.8. The summed E-state index contributed by atoms with van der Waals surface area (Å²) in [7, 11) is 0. The van der Waals surface area contributed by atoms with E-state index in [2.05, 4.69) is 0 Å². The van der Waals surface area contributed by atoms with E-state index in [1.165, 1.54) is 6.92 Å². The van der Waals surface area contributed by atoms with E-state index in [0.29, 0.717) is 4.73 Å². The molecule has 1 aromatic heterocycles. The first kappa shape index (κ1) is 15.5. The first-order valence-corrected chi connectivity index (χ1v) is 5.84. The minimum absolute atomic E-state index is 0.0274. The molecular weight excluding hydrogens is 268 g/mol. The standard InChI is InChI=1S/C12H14N2O6/c1-4-20-12(16)11(8(3)15)9-6-13(17)7(2)5-10(9)14(18)19/h5-6,11H,4H2,1-3H3. The van der Waals surface area contributed by atoms with E-state index in [1.54, 1.807) is 6.92 Å². The van der Waals surface area contributed by atoms with Crippen LogP contribution in [0, 0.1) is 22.2 Å². The van der Waals surface area contributed by atoms with Gasteiger partial charge in [0.25, 0.3) is 5.69 Å². The van der Waals surface area contributed by atoms with Crippen LogP contribution < -0.4 is 4.73 Å². The van der Waals surface area contributed by atoms with Gasteiger partial charge in [-0.15, -0.1) is 0 Å². The van der Waals surface area contributed by atoms with Crippen molar-refractivity contribution in [3.8, 4) is 0 Å². The highest BCUT2D eigenvalue weighted by molar-refractivity contribution is 6.04. The van der Waals surface area contributed by atoms with Crippen LogP contribution in [0.4, 0.5) is 5.69 Å². The van der Waals surface area contributed by atoms with E-state index >= 15 is 0 Å². The number of aromatic nitrogens is 1. The second kappa shape index (κ2) is 6.09. The number of aryl methyl sites for hydroxylation is 1. The molecule has 1 atom stereocenters. The summed E-state index contributed by atoms with van der Waals surface area (Å²) in [5, 5.41) is 22.6. The lowest BCUT2D eigenvalue weighted by Crippen LogP contribution is -2.33. The second-order valence-corrected chi connectivity index (χ2v) is 4.13. The molecule has 0 N–H and O–H groups in total. The van der Waals surface area contributed by atoms with Gasteiger partial charge in [-0.05, 0) is 13.8 Å². The molecule has 0 bridgehead atoms. The molecule has 0 fully saturated rings. The van der Waals surface area contributed by atoms with Crippen molar-refractivity contribution in [1.29, 1.82) is 0 Å². The number of nitrogens with zero attached hydrogens (tertiary/aromatic N) is 2. The summed E-state index contributed by atoms with van der Waals surface area (Å²) in [4.78, 5) is 33.7. The number of esters is 1. The average Bonchev–Trinajstić information content (AvgIpc) is 2.33. The number of rotatable bonds is 5. The third-order valence-corrected chi connectivity index (χ3v) is 2.68. The van der Waals surface area contributed by atoms with Gasteiger partial charge in [0, 0.05) is 6.92 Å². The Morgan fingerprint density at radius 3 is 2.55 bits per heavy atom. The largest absolute Gasteiger partial charge is 0.618 e. The Labute approximate surface area is 114 Å². The van der Waals surface area contributed by atoms with Crippen LogP contribution in [-0.2, 0) is 14.3 Å². The Bertz CT molecular complexity index is 569. The fourth-order valence-electron chi connectivity index (χ4n) is 1.76. The third-order valence-electron chi connectivity index (χ3n) is 2.68. The lowest BCUT2D eigenvalue weighted by Gasteiger charge is -2.13. The maximum atomic E-state index is 11.8. The molecule has 0 aliphatic rings. The zero-order valence-electron chi connectivity index (χ0n) is 11.3. The Kier molecular flexibility index (Phi) is 4.73. The fraction of sp³-hybridized carbons (Fsp3) is 0.417. The predicted molar refractivity (Wildman–Crippen MR) is 66.8 cm³/mol. The van der Waals surface area contributed by atoms with Crippen molar-refractivity contribution in [2.45, 2.75) is 26.7 Å². The molecule has 0 aliphatic heterocycles. The van der Waals surface area contributed by atoms with Crippen LogP contribution in [0.25, 0.3) is 0 Å². The number of nitro groups is 1. The molecule has 1 unspecified atom stereocenters. The van der Waals surface area contributed by atoms with E-state index in [4.69, 9.17) is 4.74 Å². The first-order chi connectivity index (χ1) is 9.29. The number of Topliss-reactive ketones (excluding diaryl/α,β-unsaturated/α-hetero) is 1. The van der Waals surface area contributed by atoms with E-state index in [1.807, 2.05) is 0 Å². The van der Waals surface area contributed by atoms with Gasteiger partial charge in [-0.25, -0.2) is 0 Å². The van der Waals surface area contributed by atoms with Crippen LogP contribution in [0.5, 0.6) is 0 Å². The minimum Gasteiger partial charge on any atom is -0.618 e. The molecule has 8 heteroatoms. The highest BCUT2D eigenvalue weighted by Crippen LogP contribution is 2.27. The number of carbonyl (C=O) groups excluding carboxylic acids is 2. The Hall–Kier alpha value is -2.51. The van der Waals surface area contributed by atoms with Crippen LogP contribution in [0.15, 0.2) is 12.3 Å². The van der Waals surface area contributed by atoms with Gasteiger partial charge in [-0.3, -0.25) is 19.7 Å². The second-order valence-electron chi connectivity index (χ2n) is 4.13. The Balaban J connectivity index is 3.47. The Morgan fingerprint density at radius 2 is 2.10 bits per heavy atom. The molecule has 1 rings (SSSR count). The topological polar surface area (TPSA) is 113 Å². The number of pyridine rings is 1. The maximum Gasteiger partial charge on any atom is 0.321 e. The molecule has 0 amide bonds. The average molecular weight is 282 g/mol. The smallest absolute Gasteiger partial charge is 0.321 e. The van der Waals surface area contributed by atoms with Crippen molar-refractivity contribution >= 4 is 17.4 Å². The summed E-state index contributed by atoms with van der Waals surface area (Å²) >= 11 is 0. The molecule has 0 saturated heterocycles.